The zero-order valence-corrected chi connectivity index (χ0v) is 16.3. The molecule has 2 aliphatic rings. The van der Waals surface area contributed by atoms with Gasteiger partial charge >= 0.3 is 5.97 Å². The van der Waals surface area contributed by atoms with Gasteiger partial charge in [-0.25, -0.2) is 4.79 Å². The fourth-order valence-electron chi connectivity index (χ4n) is 3.85. The van der Waals surface area contributed by atoms with Crippen molar-refractivity contribution >= 4 is 23.3 Å². The SMILES string of the molecule is CCOC1CC(NC(=O)c2ccc(N3CCC(C)=N3)cc2)(C(=O)O)C1(C)C. The first-order valence-electron chi connectivity index (χ1n) is 9.30. The topological polar surface area (TPSA) is 91.2 Å². The molecule has 1 aromatic carbocycles. The number of hydrogen-bond donors (Lipinski definition) is 2. The van der Waals surface area contributed by atoms with Gasteiger partial charge in [0.05, 0.1) is 11.8 Å². The molecule has 0 aromatic heterocycles. The number of benzene rings is 1. The van der Waals surface area contributed by atoms with E-state index in [9.17, 15) is 14.7 Å². The van der Waals surface area contributed by atoms with Crippen molar-refractivity contribution in [1.29, 1.82) is 0 Å². The van der Waals surface area contributed by atoms with E-state index in [4.69, 9.17) is 4.74 Å². The Balaban J connectivity index is 1.75. The molecule has 1 saturated carbocycles. The Kier molecular flexibility index (Phi) is 4.99. The molecular formula is C20H27N3O4. The van der Waals surface area contributed by atoms with E-state index in [0.29, 0.717) is 12.2 Å². The fourth-order valence-corrected chi connectivity index (χ4v) is 3.85. The average molecular weight is 373 g/mol. The summed E-state index contributed by atoms with van der Waals surface area (Å²) in [7, 11) is 0. The maximum Gasteiger partial charge on any atom is 0.330 e. The van der Waals surface area contributed by atoms with Gasteiger partial charge in [0.2, 0.25) is 0 Å². The number of carbonyl (C=O) groups is 2. The Labute approximate surface area is 159 Å². The Hall–Kier alpha value is -2.41. The zero-order chi connectivity index (χ0) is 19.8. The predicted molar refractivity (Wildman–Crippen MR) is 103 cm³/mol. The summed E-state index contributed by atoms with van der Waals surface area (Å²) in [5, 5.41) is 18.9. The summed E-state index contributed by atoms with van der Waals surface area (Å²) in [5.74, 6) is -1.43. The Morgan fingerprint density at radius 1 is 1.33 bits per heavy atom. The molecule has 2 atom stereocenters. The standard InChI is InChI=1S/C20H27N3O4/c1-5-27-16-12-20(18(25)26,19(16,3)4)21-17(24)14-6-8-15(9-7-14)23-11-10-13(2)22-23/h6-9,16H,5,10-12H2,1-4H3,(H,21,24)(H,25,26). The summed E-state index contributed by atoms with van der Waals surface area (Å²) >= 11 is 0. The van der Waals surface area contributed by atoms with E-state index in [1.54, 1.807) is 12.1 Å². The van der Waals surface area contributed by atoms with E-state index in [1.165, 1.54) is 0 Å². The van der Waals surface area contributed by atoms with Crippen molar-refractivity contribution in [3.8, 4) is 0 Å². The first-order valence-corrected chi connectivity index (χ1v) is 9.30. The molecule has 2 N–H and O–H groups in total. The van der Waals surface area contributed by atoms with Crippen LogP contribution in [0.25, 0.3) is 0 Å². The van der Waals surface area contributed by atoms with Crippen LogP contribution >= 0.6 is 0 Å². The first-order chi connectivity index (χ1) is 12.7. The van der Waals surface area contributed by atoms with Crippen LogP contribution in [0.4, 0.5) is 5.69 Å². The third-order valence-corrected chi connectivity index (χ3v) is 5.86. The number of rotatable bonds is 6. The molecule has 7 nitrogen and oxygen atoms in total. The average Bonchev–Trinajstić information content (AvgIpc) is 3.06. The minimum atomic E-state index is -1.33. The van der Waals surface area contributed by atoms with Gasteiger partial charge in [-0.3, -0.25) is 9.80 Å². The van der Waals surface area contributed by atoms with Crippen LogP contribution in [0.1, 0.15) is 50.9 Å². The summed E-state index contributed by atoms with van der Waals surface area (Å²) in [5.41, 5.74) is 0.383. The number of nitrogens with zero attached hydrogens (tertiary/aromatic N) is 2. The summed E-state index contributed by atoms with van der Waals surface area (Å²) in [6, 6.07) is 7.07. The number of aliphatic carboxylic acids is 1. The molecule has 1 fully saturated rings. The normalized spacial score (nSPS) is 26.3. The lowest BCUT2D eigenvalue weighted by molar-refractivity contribution is -0.190. The Morgan fingerprint density at radius 2 is 2.00 bits per heavy atom. The van der Waals surface area contributed by atoms with Crippen molar-refractivity contribution in [2.45, 2.75) is 52.2 Å². The third kappa shape index (κ3) is 3.20. The van der Waals surface area contributed by atoms with Crippen molar-refractivity contribution < 1.29 is 19.4 Å². The van der Waals surface area contributed by atoms with Crippen LogP contribution in [0.15, 0.2) is 29.4 Å². The molecule has 0 bridgehead atoms. The summed E-state index contributed by atoms with van der Waals surface area (Å²) < 4.78 is 5.63. The van der Waals surface area contributed by atoms with Gasteiger partial charge in [-0.2, -0.15) is 5.10 Å². The monoisotopic (exact) mass is 373 g/mol. The molecule has 1 aliphatic heterocycles. The molecular weight excluding hydrogens is 346 g/mol. The summed E-state index contributed by atoms with van der Waals surface area (Å²) in [4.78, 5) is 24.7. The van der Waals surface area contributed by atoms with Crippen molar-refractivity contribution in [3.05, 3.63) is 29.8 Å². The number of carboxylic acids is 1. The number of hydrazone groups is 1. The molecule has 3 rings (SSSR count). The van der Waals surface area contributed by atoms with Crippen molar-refractivity contribution in [2.24, 2.45) is 10.5 Å². The lowest BCUT2D eigenvalue weighted by atomic mass is 9.54. The lowest BCUT2D eigenvalue weighted by Crippen LogP contribution is -2.76. The molecule has 2 unspecified atom stereocenters. The highest BCUT2D eigenvalue weighted by Gasteiger charge is 2.66. The van der Waals surface area contributed by atoms with Crippen LogP contribution in [-0.4, -0.2) is 47.5 Å². The lowest BCUT2D eigenvalue weighted by Gasteiger charge is -2.58. The molecule has 27 heavy (non-hydrogen) atoms. The van der Waals surface area contributed by atoms with Gasteiger partial charge in [-0.1, -0.05) is 13.8 Å². The van der Waals surface area contributed by atoms with E-state index < -0.39 is 22.8 Å². The van der Waals surface area contributed by atoms with Gasteiger partial charge in [0.25, 0.3) is 5.91 Å². The summed E-state index contributed by atoms with van der Waals surface area (Å²) in [6.07, 6.45) is 0.992. The van der Waals surface area contributed by atoms with E-state index >= 15 is 0 Å². The molecule has 1 amide bonds. The molecule has 7 heteroatoms. The minimum Gasteiger partial charge on any atom is -0.479 e. The zero-order valence-electron chi connectivity index (χ0n) is 16.3. The van der Waals surface area contributed by atoms with Gasteiger partial charge in [-0.15, -0.1) is 0 Å². The Morgan fingerprint density at radius 3 is 2.48 bits per heavy atom. The maximum absolute atomic E-state index is 12.7. The first kappa shape index (κ1) is 19.4. The van der Waals surface area contributed by atoms with Crippen molar-refractivity contribution in [3.63, 3.8) is 0 Å². The molecule has 1 aliphatic carbocycles. The number of carboxylic acid groups (broad SMARTS) is 1. The van der Waals surface area contributed by atoms with Crippen molar-refractivity contribution in [2.75, 3.05) is 18.2 Å². The number of anilines is 1. The van der Waals surface area contributed by atoms with Gasteiger partial charge in [0, 0.05) is 42.7 Å². The van der Waals surface area contributed by atoms with Gasteiger partial charge in [0.1, 0.15) is 5.54 Å². The number of amides is 1. The highest BCUT2D eigenvalue weighted by Crippen LogP contribution is 2.51. The van der Waals surface area contributed by atoms with Gasteiger partial charge < -0.3 is 15.2 Å². The van der Waals surface area contributed by atoms with E-state index in [2.05, 4.69) is 10.4 Å². The van der Waals surface area contributed by atoms with E-state index in [1.807, 2.05) is 44.8 Å². The van der Waals surface area contributed by atoms with Gasteiger partial charge in [-0.05, 0) is 38.1 Å². The molecule has 0 radical (unpaired) electrons. The molecule has 0 saturated heterocycles. The van der Waals surface area contributed by atoms with Crippen LogP contribution in [0, 0.1) is 5.41 Å². The highest BCUT2D eigenvalue weighted by molar-refractivity contribution is 5.99. The predicted octanol–water partition coefficient (Wildman–Crippen LogP) is 2.66. The summed E-state index contributed by atoms with van der Waals surface area (Å²) in [6.45, 7) is 8.85. The largest absolute Gasteiger partial charge is 0.479 e. The third-order valence-electron chi connectivity index (χ3n) is 5.86. The number of carbonyl (C=O) groups excluding carboxylic acids is 1. The van der Waals surface area contributed by atoms with Gasteiger partial charge in [0.15, 0.2) is 0 Å². The molecule has 146 valence electrons. The van der Waals surface area contributed by atoms with E-state index in [-0.39, 0.29) is 12.5 Å². The fraction of sp³-hybridized carbons (Fsp3) is 0.550. The number of hydrogen-bond acceptors (Lipinski definition) is 5. The second kappa shape index (κ2) is 6.96. The minimum absolute atomic E-state index is 0.197. The second-order valence-electron chi connectivity index (χ2n) is 7.79. The quantitative estimate of drug-likeness (QED) is 0.800. The smallest absolute Gasteiger partial charge is 0.330 e. The van der Waals surface area contributed by atoms with E-state index in [0.717, 1.165) is 24.4 Å². The molecule has 1 heterocycles. The van der Waals surface area contributed by atoms with Crippen LogP contribution in [0.5, 0.6) is 0 Å². The maximum atomic E-state index is 12.7. The number of nitrogens with one attached hydrogen (secondary N) is 1. The second-order valence-corrected chi connectivity index (χ2v) is 7.79. The van der Waals surface area contributed by atoms with Crippen LogP contribution < -0.4 is 10.3 Å². The molecule has 0 spiro atoms. The van der Waals surface area contributed by atoms with Crippen molar-refractivity contribution in [1.82, 2.24) is 5.32 Å². The molecule has 1 aromatic rings. The number of ether oxygens (including phenoxy) is 1. The van der Waals surface area contributed by atoms with Crippen LogP contribution in [-0.2, 0) is 9.53 Å². The highest BCUT2D eigenvalue weighted by atomic mass is 16.5. The van der Waals surface area contributed by atoms with Crippen LogP contribution in [0.3, 0.4) is 0 Å². The Bertz CT molecular complexity index is 772. The van der Waals surface area contributed by atoms with Crippen LogP contribution in [0.2, 0.25) is 0 Å².